The van der Waals surface area contributed by atoms with E-state index in [1.165, 1.54) is 0 Å². The molecule has 0 atom stereocenters. The van der Waals surface area contributed by atoms with Crippen LogP contribution in [0.25, 0.3) is 22.4 Å². The Kier molecular flexibility index (Phi) is 3.25. The molecule has 3 aromatic rings. The highest BCUT2D eigenvalue weighted by Crippen LogP contribution is 2.29. The molecule has 0 bridgehead atoms. The van der Waals surface area contributed by atoms with E-state index in [-0.39, 0.29) is 6.42 Å². The minimum absolute atomic E-state index is 0.0588. The third-order valence-corrected chi connectivity index (χ3v) is 3.49. The van der Waals surface area contributed by atoms with Gasteiger partial charge in [-0.3, -0.25) is 4.79 Å². The van der Waals surface area contributed by atoms with Crippen molar-refractivity contribution in [2.75, 3.05) is 0 Å². The second kappa shape index (κ2) is 5.09. The number of carboxylic acid groups (broad SMARTS) is 1. The lowest BCUT2D eigenvalue weighted by atomic mass is 10.2. The highest BCUT2D eigenvalue weighted by Gasteiger charge is 2.17. The summed E-state index contributed by atoms with van der Waals surface area (Å²) in [6.45, 7) is 4.17. The normalized spacial score (nSPS) is 11.1. The van der Waals surface area contributed by atoms with Crippen LogP contribution in [0.1, 0.15) is 17.9 Å². The van der Waals surface area contributed by atoms with E-state index < -0.39 is 5.97 Å². The quantitative estimate of drug-likeness (QED) is 0.797. The van der Waals surface area contributed by atoms with Crippen molar-refractivity contribution >= 4 is 17.0 Å². The zero-order valence-electron chi connectivity index (χ0n) is 12.0. The number of aliphatic carboxylic acids is 1. The average Bonchev–Trinajstić information content (AvgIpc) is 2.96. The standard InChI is InChI=1S/C16H16N2O3/c1-10-9-12(11(2)21-10)16-17-13-5-3-4-6-14(13)18(16)8-7-15(19)20/h3-6,9H,7-8H2,1-2H3,(H,19,20). The van der Waals surface area contributed by atoms with Gasteiger partial charge in [-0.25, -0.2) is 4.98 Å². The van der Waals surface area contributed by atoms with Crippen LogP contribution >= 0.6 is 0 Å². The fourth-order valence-electron chi connectivity index (χ4n) is 2.57. The van der Waals surface area contributed by atoms with E-state index in [1.807, 2.05) is 48.7 Å². The molecule has 0 unspecified atom stereocenters. The molecule has 21 heavy (non-hydrogen) atoms. The first-order valence-corrected chi connectivity index (χ1v) is 6.80. The molecule has 0 aliphatic carbocycles. The van der Waals surface area contributed by atoms with Crippen LogP contribution in [-0.2, 0) is 11.3 Å². The van der Waals surface area contributed by atoms with Gasteiger partial charge >= 0.3 is 5.97 Å². The van der Waals surface area contributed by atoms with E-state index in [1.54, 1.807) is 0 Å². The molecule has 1 aromatic carbocycles. The average molecular weight is 284 g/mol. The van der Waals surface area contributed by atoms with Gasteiger partial charge in [-0.15, -0.1) is 0 Å². The summed E-state index contributed by atoms with van der Waals surface area (Å²) < 4.78 is 7.52. The summed E-state index contributed by atoms with van der Waals surface area (Å²) in [6, 6.07) is 9.68. The largest absolute Gasteiger partial charge is 0.481 e. The Morgan fingerprint density at radius 1 is 1.33 bits per heavy atom. The van der Waals surface area contributed by atoms with Crippen molar-refractivity contribution in [1.82, 2.24) is 9.55 Å². The van der Waals surface area contributed by atoms with Crippen LogP contribution < -0.4 is 0 Å². The van der Waals surface area contributed by atoms with E-state index in [4.69, 9.17) is 9.52 Å². The summed E-state index contributed by atoms with van der Waals surface area (Å²) in [4.78, 5) is 15.5. The second-order valence-corrected chi connectivity index (χ2v) is 5.05. The summed E-state index contributed by atoms with van der Waals surface area (Å²) >= 11 is 0. The van der Waals surface area contributed by atoms with Crippen LogP contribution in [-0.4, -0.2) is 20.6 Å². The second-order valence-electron chi connectivity index (χ2n) is 5.05. The number of rotatable bonds is 4. The van der Waals surface area contributed by atoms with E-state index in [2.05, 4.69) is 4.98 Å². The molecule has 2 heterocycles. The van der Waals surface area contributed by atoms with Gasteiger partial charge in [0.15, 0.2) is 0 Å². The van der Waals surface area contributed by atoms with Gasteiger partial charge in [0.1, 0.15) is 17.3 Å². The first-order chi connectivity index (χ1) is 10.1. The van der Waals surface area contributed by atoms with Crippen molar-refractivity contribution in [3.05, 3.63) is 41.9 Å². The number of imidazole rings is 1. The number of benzene rings is 1. The van der Waals surface area contributed by atoms with Gasteiger partial charge in [0.2, 0.25) is 0 Å². The maximum atomic E-state index is 10.9. The summed E-state index contributed by atoms with van der Waals surface area (Å²) in [5, 5.41) is 8.95. The van der Waals surface area contributed by atoms with Crippen molar-refractivity contribution in [3.8, 4) is 11.4 Å². The maximum absolute atomic E-state index is 10.9. The number of hydrogen-bond acceptors (Lipinski definition) is 3. The summed E-state index contributed by atoms with van der Waals surface area (Å²) in [5.74, 6) is 1.55. The van der Waals surface area contributed by atoms with E-state index in [0.717, 1.165) is 33.9 Å². The molecular formula is C16H16N2O3. The molecule has 5 nitrogen and oxygen atoms in total. The zero-order valence-corrected chi connectivity index (χ0v) is 12.0. The number of carboxylic acids is 1. The van der Waals surface area contributed by atoms with Gasteiger partial charge in [-0.05, 0) is 32.0 Å². The monoisotopic (exact) mass is 284 g/mol. The molecule has 0 spiro atoms. The Bertz CT molecular complexity index is 814. The van der Waals surface area contributed by atoms with E-state index in [0.29, 0.717) is 6.54 Å². The number of aromatic nitrogens is 2. The topological polar surface area (TPSA) is 68.3 Å². The molecule has 0 saturated heterocycles. The third-order valence-electron chi connectivity index (χ3n) is 3.49. The lowest BCUT2D eigenvalue weighted by molar-refractivity contribution is -0.137. The van der Waals surface area contributed by atoms with Crippen molar-refractivity contribution in [2.45, 2.75) is 26.8 Å². The lowest BCUT2D eigenvalue weighted by Gasteiger charge is -2.07. The molecule has 1 N–H and O–H groups in total. The number of fused-ring (bicyclic) bond motifs is 1. The number of aryl methyl sites for hydroxylation is 3. The Labute approximate surface area is 121 Å². The Morgan fingerprint density at radius 3 is 2.76 bits per heavy atom. The molecule has 0 fully saturated rings. The van der Waals surface area contributed by atoms with Crippen LogP contribution in [0.3, 0.4) is 0 Å². The van der Waals surface area contributed by atoms with Crippen LogP contribution in [0.4, 0.5) is 0 Å². The van der Waals surface area contributed by atoms with Gasteiger partial charge in [0, 0.05) is 6.54 Å². The highest BCUT2D eigenvalue weighted by atomic mass is 16.4. The predicted molar refractivity (Wildman–Crippen MR) is 79.2 cm³/mol. The first-order valence-electron chi connectivity index (χ1n) is 6.80. The van der Waals surface area contributed by atoms with Gasteiger partial charge in [-0.2, -0.15) is 0 Å². The number of furan rings is 1. The molecular weight excluding hydrogens is 268 g/mol. The predicted octanol–water partition coefficient (Wildman–Crippen LogP) is 3.39. The lowest BCUT2D eigenvalue weighted by Crippen LogP contribution is -2.06. The summed E-state index contributed by atoms with van der Waals surface area (Å²) in [6.07, 6.45) is 0.0588. The molecule has 0 aliphatic rings. The van der Waals surface area contributed by atoms with Crippen molar-refractivity contribution in [2.24, 2.45) is 0 Å². The SMILES string of the molecule is Cc1cc(-c2nc3ccccc3n2CCC(=O)O)c(C)o1. The van der Waals surface area contributed by atoms with Gasteiger partial charge in [0.05, 0.1) is 23.0 Å². The smallest absolute Gasteiger partial charge is 0.305 e. The number of nitrogens with zero attached hydrogens (tertiary/aromatic N) is 2. The van der Waals surface area contributed by atoms with Crippen molar-refractivity contribution in [3.63, 3.8) is 0 Å². The van der Waals surface area contributed by atoms with Crippen LogP contribution in [0.15, 0.2) is 34.7 Å². The molecule has 0 aliphatic heterocycles. The maximum Gasteiger partial charge on any atom is 0.305 e. The fourth-order valence-corrected chi connectivity index (χ4v) is 2.57. The first kappa shape index (κ1) is 13.4. The van der Waals surface area contributed by atoms with Crippen LogP contribution in [0.2, 0.25) is 0 Å². The third kappa shape index (κ3) is 2.42. The van der Waals surface area contributed by atoms with Crippen molar-refractivity contribution < 1.29 is 14.3 Å². The number of para-hydroxylation sites is 2. The molecule has 108 valence electrons. The van der Waals surface area contributed by atoms with Crippen LogP contribution in [0.5, 0.6) is 0 Å². The number of hydrogen-bond donors (Lipinski definition) is 1. The zero-order chi connectivity index (χ0) is 15.0. The van der Waals surface area contributed by atoms with E-state index in [9.17, 15) is 4.79 Å². The van der Waals surface area contributed by atoms with Crippen molar-refractivity contribution in [1.29, 1.82) is 0 Å². The molecule has 2 aromatic heterocycles. The Morgan fingerprint density at radius 2 is 2.10 bits per heavy atom. The molecule has 0 radical (unpaired) electrons. The highest BCUT2D eigenvalue weighted by molar-refractivity contribution is 5.81. The molecule has 3 rings (SSSR count). The summed E-state index contributed by atoms with van der Waals surface area (Å²) in [5.41, 5.74) is 2.71. The van der Waals surface area contributed by atoms with Gasteiger partial charge in [0.25, 0.3) is 0 Å². The van der Waals surface area contributed by atoms with E-state index >= 15 is 0 Å². The molecule has 0 amide bonds. The molecule has 5 heteroatoms. The van der Waals surface area contributed by atoms with Crippen LogP contribution in [0, 0.1) is 13.8 Å². The Balaban J connectivity index is 2.18. The van der Waals surface area contributed by atoms with Gasteiger partial charge in [-0.1, -0.05) is 12.1 Å². The van der Waals surface area contributed by atoms with Gasteiger partial charge < -0.3 is 14.1 Å². The Hall–Kier alpha value is -2.56. The number of carbonyl (C=O) groups is 1. The minimum Gasteiger partial charge on any atom is -0.481 e. The minimum atomic E-state index is -0.821. The fraction of sp³-hybridized carbons (Fsp3) is 0.250. The summed E-state index contributed by atoms with van der Waals surface area (Å²) in [7, 11) is 0. The molecule has 0 saturated carbocycles.